The number of hydrogen-bond donors (Lipinski definition) is 2. The van der Waals surface area contributed by atoms with Crippen LogP contribution >= 0.6 is 11.8 Å². The van der Waals surface area contributed by atoms with Crippen molar-refractivity contribution in [3.05, 3.63) is 35.6 Å². The average molecular weight is 381 g/mol. The molecule has 1 aromatic carbocycles. The SMILES string of the molecule is CCNC(=NCc1cccc(F)c1)NCC1(N2CCOCC2)CCSC1. The number of nitrogens with zero attached hydrogens (tertiary/aromatic N) is 2. The van der Waals surface area contributed by atoms with Crippen molar-refractivity contribution in [1.29, 1.82) is 0 Å². The van der Waals surface area contributed by atoms with E-state index in [1.165, 1.54) is 24.3 Å². The molecule has 2 saturated heterocycles. The third-order valence-corrected chi connectivity index (χ3v) is 6.24. The second kappa shape index (κ2) is 9.58. The Morgan fingerprint density at radius 3 is 2.88 bits per heavy atom. The summed E-state index contributed by atoms with van der Waals surface area (Å²) < 4.78 is 18.9. The Kier molecular flexibility index (Phi) is 7.16. The summed E-state index contributed by atoms with van der Waals surface area (Å²) in [5.41, 5.74) is 1.05. The summed E-state index contributed by atoms with van der Waals surface area (Å²) in [5.74, 6) is 2.92. The highest BCUT2D eigenvalue weighted by Crippen LogP contribution is 2.33. The normalized spacial score (nSPS) is 24.6. The molecule has 2 aliphatic rings. The number of rotatable bonds is 6. The molecule has 3 rings (SSSR count). The van der Waals surface area contributed by atoms with E-state index in [-0.39, 0.29) is 11.4 Å². The van der Waals surface area contributed by atoms with Gasteiger partial charge in [0.2, 0.25) is 0 Å². The molecule has 0 spiro atoms. The van der Waals surface area contributed by atoms with Crippen LogP contribution in [-0.4, -0.2) is 67.3 Å². The van der Waals surface area contributed by atoms with E-state index in [1.807, 2.05) is 17.8 Å². The molecule has 26 heavy (non-hydrogen) atoms. The summed E-state index contributed by atoms with van der Waals surface area (Å²) in [7, 11) is 0. The van der Waals surface area contributed by atoms with Gasteiger partial charge in [-0.15, -0.1) is 0 Å². The van der Waals surface area contributed by atoms with Crippen LogP contribution in [0.1, 0.15) is 18.9 Å². The summed E-state index contributed by atoms with van der Waals surface area (Å²) in [5, 5.41) is 6.84. The first kappa shape index (κ1) is 19.5. The lowest BCUT2D eigenvalue weighted by Gasteiger charge is -2.43. The van der Waals surface area contributed by atoms with Gasteiger partial charge in [-0.05, 0) is 36.8 Å². The van der Waals surface area contributed by atoms with Gasteiger partial charge in [0.25, 0.3) is 0 Å². The van der Waals surface area contributed by atoms with Crippen molar-refractivity contribution in [1.82, 2.24) is 15.5 Å². The lowest BCUT2D eigenvalue weighted by atomic mass is 9.95. The lowest BCUT2D eigenvalue weighted by Crippen LogP contribution is -2.60. The minimum absolute atomic E-state index is 0.170. The standard InChI is InChI=1S/C19H29FN4OS/c1-2-21-18(22-13-16-4-3-5-17(20)12-16)23-14-19(6-11-26-15-19)24-7-9-25-10-8-24/h3-5,12H,2,6-11,13-15H2,1H3,(H2,21,22,23). The van der Waals surface area contributed by atoms with Crippen molar-refractivity contribution in [2.24, 2.45) is 4.99 Å². The maximum atomic E-state index is 13.4. The van der Waals surface area contributed by atoms with E-state index in [1.54, 1.807) is 6.07 Å². The van der Waals surface area contributed by atoms with E-state index in [9.17, 15) is 4.39 Å². The number of halogens is 1. The molecule has 0 aliphatic carbocycles. The molecule has 1 atom stereocenters. The Morgan fingerprint density at radius 2 is 2.19 bits per heavy atom. The van der Waals surface area contributed by atoms with Crippen LogP contribution in [0.25, 0.3) is 0 Å². The van der Waals surface area contributed by atoms with E-state index >= 15 is 0 Å². The zero-order valence-electron chi connectivity index (χ0n) is 15.5. The van der Waals surface area contributed by atoms with Gasteiger partial charge in [0.15, 0.2) is 5.96 Å². The number of guanidine groups is 1. The van der Waals surface area contributed by atoms with Crippen molar-refractivity contribution in [3.63, 3.8) is 0 Å². The van der Waals surface area contributed by atoms with Gasteiger partial charge in [0, 0.05) is 37.5 Å². The van der Waals surface area contributed by atoms with Crippen LogP contribution in [0, 0.1) is 5.82 Å². The molecule has 0 saturated carbocycles. The molecule has 0 amide bonds. The number of aliphatic imine (C=N–C) groups is 1. The molecule has 0 bridgehead atoms. The average Bonchev–Trinajstić information content (AvgIpc) is 3.15. The topological polar surface area (TPSA) is 48.9 Å². The first-order valence-electron chi connectivity index (χ1n) is 9.39. The highest BCUT2D eigenvalue weighted by atomic mass is 32.2. The molecule has 2 N–H and O–H groups in total. The first-order chi connectivity index (χ1) is 12.7. The van der Waals surface area contributed by atoms with Crippen LogP contribution < -0.4 is 10.6 Å². The number of morpholine rings is 1. The van der Waals surface area contributed by atoms with Crippen LogP contribution in [0.3, 0.4) is 0 Å². The largest absolute Gasteiger partial charge is 0.379 e. The smallest absolute Gasteiger partial charge is 0.191 e. The quantitative estimate of drug-likeness (QED) is 0.585. The first-order valence-corrected chi connectivity index (χ1v) is 10.5. The van der Waals surface area contributed by atoms with E-state index in [4.69, 9.17) is 4.74 Å². The van der Waals surface area contributed by atoms with Gasteiger partial charge in [-0.2, -0.15) is 11.8 Å². The third kappa shape index (κ3) is 5.11. The lowest BCUT2D eigenvalue weighted by molar-refractivity contribution is -0.0120. The predicted octanol–water partition coefficient (Wildman–Crippen LogP) is 2.09. The van der Waals surface area contributed by atoms with Crippen LogP contribution in [0.5, 0.6) is 0 Å². The fourth-order valence-electron chi connectivity index (χ4n) is 3.53. The van der Waals surface area contributed by atoms with Crippen LogP contribution in [0.2, 0.25) is 0 Å². The number of ether oxygens (including phenoxy) is 1. The molecule has 5 nitrogen and oxygen atoms in total. The number of thioether (sulfide) groups is 1. The Bertz CT molecular complexity index is 601. The van der Waals surface area contributed by atoms with Crippen molar-refractivity contribution in [2.75, 3.05) is 50.9 Å². The van der Waals surface area contributed by atoms with E-state index in [2.05, 4.69) is 27.4 Å². The Labute approximate surface area is 159 Å². The molecular weight excluding hydrogens is 351 g/mol. The van der Waals surface area contributed by atoms with E-state index < -0.39 is 0 Å². The van der Waals surface area contributed by atoms with Crippen LogP contribution in [-0.2, 0) is 11.3 Å². The fraction of sp³-hybridized carbons (Fsp3) is 0.632. The predicted molar refractivity (Wildman–Crippen MR) is 106 cm³/mol. The molecule has 1 aromatic rings. The summed E-state index contributed by atoms with van der Waals surface area (Å²) in [6.07, 6.45) is 1.19. The molecule has 144 valence electrons. The van der Waals surface area contributed by atoms with Crippen molar-refractivity contribution in [2.45, 2.75) is 25.4 Å². The molecule has 7 heteroatoms. The zero-order chi connectivity index (χ0) is 18.2. The Balaban J connectivity index is 1.63. The Hall–Kier alpha value is -1.31. The molecular formula is C19H29FN4OS. The van der Waals surface area contributed by atoms with Gasteiger partial charge in [-0.25, -0.2) is 9.38 Å². The van der Waals surface area contributed by atoms with Crippen LogP contribution in [0.4, 0.5) is 4.39 Å². The van der Waals surface area contributed by atoms with Gasteiger partial charge in [-0.1, -0.05) is 12.1 Å². The monoisotopic (exact) mass is 380 g/mol. The Morgan fingerprint density at radius 1 is 1.35 bits per heavy atom. The summed E-state index contributed by atoms with van der Waals surface area (Å²) in [6, 6.07) is 6.62. The number of benzene rings is 1. The number of nitrogens with one attached hydrogen (secondary N) is 2. The summed E-state index contributed by atoms with van der Waals surface area (Å²) in [6.45, 7) is 7.83. The molecule has 1 unspecified atom stereocenters. The molecule has 2 fully saturated rings. The second-order valence-corrected chi connectivity index (χ2v) is 7.91. The summed E-state index contributed by atoms with van der Waals surface area (Å²) in [4.78, 5) is 7.22. The van der Waals surface area contributed by atoms with Gasteiger partial charge in [0.1, 0.15) is 5.82 Å². The third-order valence-electron chi connectivity index (χ3n) is 5.00. The summed E-state index contributed by atoms with van der Waals surface area (Å²) >= 11 is 2.03. The van der Waals surface area contributed by atoms with Gasteiger partial charge >= 0.3 is 0 Å². The zero-order valence-corrected chi connectivity index (χ0v) is 16.3. The minimum Gasteiger partial charge on any atom is -0.379 e. The van der Waals surface area contributed by atoms with E-state index in [0.29, 0.717) is 6.54 Å². The highest BCUT2D eigenvalue weighted by Gasteiger charge is 2.40. The minimum atomic E-state index is -0.218. The van der Waals surface area contributed by atoms with Crippen LogP contribution in [0.15, 0.2) is 29.3 Å². The fourth-order valence-corrected chi connectivity index (χ4v) is 5.01. The van der Waals surface area contributed by atoms with E-state index in [0.717, 1.165) is 56.7 Å². The molecule has 2 heterocycles. The van der Waals surface area contributed by atoms with Gasteiger partial charge < -0.3 is 15.4 Å². The van der Waals surface area contributed by atoms with Gasteiger partial charge in [-0.3, -0.25) is 4.90 Å². The van der Waals surface area contributed by atoms with Crippen molar-refractivity contribution >= 4 is 17.7 Å². The van der Waals surface area contributed by atoms with Gasteiger partial charge in [0.05, 0.1) is 19.8 Å². The molecule has 2 aliphatic heterocycles. The molecule has 0 radical (unpaired) electrons. The maximum absolute atomic E-state index is 13.4. The van der Waals surface area contributed by atoms with Crippen molar-refractivity contribution < 1.29 is 9.13 Å². The highest BCUT2D eigenvalue weighted by molar-refractivity contribution is 7.99. The van der Waals surface area contributed by atoms with Crippen molar-refractivity contribution in [3.8, 4) is 0 Å². The maximum Gasteiger partial charge on any atom is 0.191 e. The molecule has 0 aromatic heterocycles. The number of hydrogen-bond acceptors (Lipinski definition) is 4. The second-order valence-electron chi connectivity index (χ2n) is 6.80.